The average Bonchev–Trinajstić information content (AvgIpc) is 3.50. The van der Waals surface area contributed by atoms with Gasteiger partial charge in [0.1, 0.15) is 0 Å². The highest BCUT2D eigenvalue weighted by Crippen LogP contribution is 2.28. The van der Waals surface area contributed by atoms with Crippen molar-refractivity contribution >= 4 is 28.4 Å². The van der Waals surface area contributed by atoms with Crippen LogP contribution in [0.5, 0.6) is 0 Å². The Hall–Kier alpha value is -2.41. The molecule has 1 aliphatic heterocycles. The second-order valence-corrected chi connectivity index (χ2v) is 9.68. The van der Waals surface area contributed by atoms with Crippen molar-refractivity contribution in [2.24, 2.45) is 5.92 Å². The molecule has 30 heavy (non-hydrogen) atoms. The summed E-state index contributed by atoms with van der Waals surface area (Å²) in [5, 5.41) is 2.00. The lowest BCUT2D eigenvalue weighted by Gasteiger charge is -2.21. The molecule has 0 spiro atoms. The van der Waals surface area contributed by atoms with E-state index < -0.39 is 0 Å². The van der Waals surface area contributed by atoms with Crippen molar-refractivity contribution in [2.45, 2.75) is 57.5 Å². The van der Waals surface area contributed by atoms with Crippen LogP contribution in [0.15, 0.2) is 40.6 Å². The van der Waals surface area contributed by atoms with Crippen molar-refractivity contribution in [1.29, 1.82) is 0 Å². The van der Waals surface area contributed by atoms with Gasteiger partial charge in [-0.2, -0.15) is 0 Å². The minimum absolute atomic E-state index is 0.00482. The van der Waals surface area contributed by atoms with Gasteiger partial charge in [0.05, 0.1) is 18.0 Å². The molecule has 158 valence electrons. The molecule has 6 nitrogen and oxygen atoms in total. The summed E-state index contributed by atoms with van der Waals surface area (Å²) in [6.45, 7) is 2.06. The Kier molecular flexibility index (Phi) is 5.46. The Labute approximate surface area is 180 Å². The molecule has 5 rings (SSSR count). The van der Waals surface area contributed by atoms with Gasteiger partial charge in [-0.15, -0.1) is 11.3 Å². The number of carbonyl (C=O) groups excluding carboxylic acids is 1. The highest BCUT2D eigenvalue weighted by atomic mass is 32.1. The van der Waals surface area contributed by atoms with Crippen LogP contribution < -0.4 is 5.69 Å². The zero-order valence-electron chi connectivity index (χ0n) is 17.2. The van der Waals surface area contributed by atoms with Gasteiger partial charge in [-0.05, 0) is 48.8 Å². The number of nitrogens with zero attached hydrogens (tertiary/aromatic N) is 4. The molecule has 7 heteroatoms. The van der Waals surface area contributed by atoms with Gasteiger partial charge < -0.3 is 4.90 Å². The van der Waals surface area contributed by atoms with Crippen LogP contribution in [0.1, 0.15) is 49.4 Å². The van der Waals surface area contributed by atoms with E-state index in [1.807, 2.05) is 43.7 Å². The second-order valence-electron chi connectivity index (χ2n) is 8.65. The SMILES string of the molecule is O=C(Cc1cccs1)N1CC[C@@H](n2c(=O)n(CC3CCCCC3)c3cccnc32)C1. The Balaban J connectivity index is 1.40. The minimum Gasteiger partial charge on any atom is -0.340 e. The fraction of sp³-hybridized carbons (Fsp3) is 0.522. The highest BCUT2D eigenvalue weighted by Gasteiger charge is 2.31. The molecule has 0 unspecified atom stereocenters. The van der Waals surface area contributed by atoms with E-state index in [0.717, 1.165) is 29.0 Å². The first-order valence-electron chi connectivity index (χ1n) is 11.1. The van der Waals surface area contributed by atoms with Crippen LogP contribution in [0.3, 0.4) is 0 Å². The summed E-state index contributed by atoms with van der Waals surface area (Å²) in [6.07, 6.45) is 9.25. The lowest BCUT2D eigenvalue weighted by Crippen LogP contribution is -2.33. The normalized spacial score (nSPS) is 20.3. The van der Waals surface area contributed by atoms with Crippen molar-refractivity contribution in [3.8, 4) is 0 Å². The number of fused-ring (bicyclic) bond motifs is 1. The molecule has 0 aromatic carbocycles. The molecule has 4 heterocycles. The lowest BCUT2D eigenvalue weighted by molar-refractivity contribution is -0.129. The fourth-order valence-electron chi connectivity index (χ4n) is 5.10. The number of carbonyl (C=O) groups is 1. The van der Waals surface area contributed by atoms with E-state index in [0.29, 0.717) is 25.4 Å². The van der Waals surface area contributed by atoms with Crippen LogP contribution in [-0.2, 0) is 17.8 Å². The predicted molar refractivity (Wildman–Crippen MR) is 119 cm³/mol. The summed E-state index contributed by atoms with van der Waals surface area (Å²) in [7, 11) is 0. The molecule has 2 fully saturated rings. The zero-order valence-corrected chi connectivity index (χ0v) is 18.0. The second kappa shape index (κ2) is 8.38. The largest absolute Gasteiger partial charge is 0.340 e. The van der Waals surface area contributed by atoms with E-state index in [-0.39, 0.29) is 17.6 Å². The van der Waals surface area contributed by atoms with Crippen molar-refractivity contribution < 1.29 is 4.79 Å². The molecule has 1 saturated carbocycles. The first kappa shape index (κ1) is 19.5. The number of hydrogen-bond acceptors (Lipinski definition) is 4. The molecule has 3 aromatic heterocycles. The van der Waals surface area contributed by atoms with E-state index in [9.17, 15) is 9.59 Å². The number of hydrogen-bond donors (Lipinski definition) is 0. The smallest absolute Gasteiger partial charge is 0.330 e. The number of aromatic nitrogens is 3. The molecule has 1 aliphatic carbocycles. The molecule has 1 atom stereocenters. The van der Waals surface area contributed by atoms with E-state index >= 15 is 0 Å². The summed E-state index contributed by atoms with van der Waals surface area (Å²) < 4.78 is 3.80. The topological polar surface area (TPSA) is 60.1 Å². The van der Waals surface area contributed by atoms with Gasteiger partial charge in [-0.25, -0.2) is 9.78 Å². The number of pyridine rings is 1. The van der Waals surface area contributed by atoms with Crippen molar-refractivity contribution in [3.63, 3.8) is 0 Å². The molecular weight excluding hydrogens is 396 g/mol. The Morgan fingerprint density at radius 3 is 2.80 bits per heavy atom. The van der Waals surface area contributed by atoms with Crippen LogP contribution in [0, 0.1) is 5.92 Å². The Morgan fingerprint density at radius 1 is 1.13 bits per heavy atom. The zero-order chi connectivity index (χ0) is 20.5. The van der Waals surface area contributed by atoms with Gasteiger partial charge >= 0.3 is 5.69 Å². The fourth-order valence-corrected chi connectivity index (χ4v) is 5.79. The van der Waals surface area contributed by atoms with E-state index in [1.165, 1.54) is 32.1 Å². The maximum Gasteiger partial charge on any atom is 0.330 e. The third-order valence-electron chi connectivity index (χ3n) is 6.67. The Bertz CT molecular complexity index is 1080. The van der Waals surface area contributed by atoms with Crippen molar-refractivity contribution in [2.75, 3.05) is 13.1 Å². The quantitative estimate of drug-likeness (QED) is 0.625. The molecule has 0 bridgehead atoms. The number of thiophene rings is 1. The van der Waals surface area contributed by atoms with Crippen molar-refractivity contribution in [3.05, 3.63) is 51.2 Å². The van der Waals surface area contributed by atoms with Gasteiger partial charge in [0.2, 0.25) is 5.91 Å². The molecule has 2 aliphatic rings. The number of likely N-dealkylation sites (tertiary alicyclic amines) is 1. The monoisotopic (exact) mass is 424 g/mol. The molecular formula is C23H28N4O2S. The summed E-state index contributed by atoms with van der Waals surface area (Å²) >= 11 is 1.62. The first-order valence-corrected chi connectivity index (χ1v) is 11.9. The van der Waals surface area contributed by atoms with Gasteiger partial charge in [0.25, 0.3) is 0 Å². The molecule has 0 radical (unpaired) electrons. The minimum atomic E-state index is -0.00482. The van der Waals surface area contributed by atoms with E-state index in [1.54, 1.807) is 17.5 Å². The van der Waals surface area contributed by atoms with E-state index in [4.69, 9.17) is 0 Å². The molecule has 0 N–H and O–H groups in total. The predicted octanol–water partition coefficient (Wildman–Crippen LogP) is 3.86. The molecule has 3 aromatic rings. The number of imidazole rings is 1. The third-order valence-corrected chi connectivity index (χ3v) is 7.55. The molecule has 1 amide bonds. The summed E-state index contributed by atoms with van der Waals surface area (Å²) in [4.78, 5) is 33.8. The molecule has 1 saturated heterocycles. The average molecular weight is 425 g/mol. The van der Waals surface area contributed by atoms with Crippen LogP contribution >= 0.6 is 11.3 Å². The number of amides is 1. The van der Waals surface area contributed by atoms with Crippen LogP contribution in [0.4, 0.5) is 0 Å². The maximum atomic E-state index is 13.5. The van der Waals surface area contributed by atoms with Gasteiger partial charge in [0.15, 0.2) is 5.65 Å². The van der Waals surface area contributed by atoms with E-state index in [2.05, 4.69) is 4.98 Å². The van der Waals surface area contributed by atoms with Gasteiger partial charge in [-0.3, -0.25) is 13.9 Å². The summed E-state index contributed by atoms with van der Waals surface area (Å²) in [6, 6.07) is 7.90. The van der Waals surface area contributed by atoms with Crippen molar-refractivity contribution in [1.82, 2.24) is 19.0 Å². The van der Waals surface area contributed by atoms with Gasteiger partial charge in [0, 0.05) is 30.7 Å². The summed E-state index contributed by atoms with van der Waals surface area (Å²) in [5.74, 6) is 0.718. The first-order chi connectivity index (χ1) is 14.7. The number of rotatable bonds is 5. The highest BCUT2D eigenvalue weighted by molar-refractivity contribution is 7.10. The van der Waals surface area contributed by atoms with Crippen LogP contribution in [-0.4, -0.2) is 38.0 Å². The van der Waals surface area contributed by atoms with Gasteiger partial charge in [-0.1, -0.05) is 25.3 Å². The van der Waals surface area contributed by atoms with Crippen LogP contribution in [0.2, 0.25) is 0 Å². The third kappa shape index (κ3) is 3.71. The Morgan fingerprint density at radius 2 is 2.00 bits per heavy atom. The van der Waals surface area contributed by atoms with Crippen LogP contribution in [0.25, 0.3) is 11.2 Å². The maximum absolute atomic E-state index is 13.5. The standard InChI is InChI=1S/C23H28N4O2S/c28-21(14-19-8-5-13-30-19)25-12-10-18(16-25)27-22-20(9-4-11-24-22)26(23(27)29)15-17-6-2-1-3-7-17/h4-5,8-9,11,13,17-18H,1-3,6-7,10,12,14-16H2/t18-/m1/s1. The summed E-state index contributed by atoms with van der Waals surface area (Å²) in [5.41, 5.74) is 1.72. The lowest BCUT2D eigenvalue weighted by atomic mass is 9.89.